The number of methoxy groups -OCH3 is 1. The minimum Gasteiger partial charge on any atom is -0.497 e. The van der Waals surface area contributed by atoms with Crippen molar-refractivity contribution in [1.82, 2.24) is 19.7 Å². The molecule has 0 fully saturated rings. The highest BCUT2D eigenvalue weighted by Crippen LogP contribution is 2.31. The predicted molar refractivity (Wildman–Crippen MR) is 127 cm³/mol. The Morgan fingerprint density at radius 3 is 2.52 bits per heavy atom. The lowest BCUT2D eigenvalue weighted by atomic mass is 10.2. The normalized spacial score (nSPS) is 11.8. The topological polar surface area (TPSA) is 81.9 Å². The summed E-state index contributed by atoms with van der Waals surface area (Å²) in [4.78, 5) is 16.8. The number of carbonyl (C=O) groups excluding carboxylic acids is 1. The van der Waals surface area contributed by atoms with E-state index in [2.05, 4.69) is 20.5 Å². The van der Waals surface area contributed by atoms with Crippen molar-refractivity contribution in [3.63, 3.8) is 0 Å². The number of aromatic nitrogens is 4. The maximum atomic E-state index is 14.1. The number of ether oxygens (including phenoxy) is 1. The highest BCUT2D eigenvalue weighted by atomic mass is 35.5. The number of carbonyl (C=O) groups is 1. The molecule has 1 amide bonds. The van der Waals surface area contributed by atoms with Crippen LogP contribution in [0, 0.1) is 5.82 Å². The van der Waals surface area contributed by atoms with Gasteiger partial charge in [0.05, 0.1) is 18.0 Å². The van der Waals surface area contributed by atoms with Crippen LogP contribution in [0.5, 0.6) is 5.75 Å². The second-order valence-corrected chi connectivity index (χ2v) is 8.69. The average molecular weight is 484 g/mol. The van der Waals surface area contributed by atoms with Crippen LogP contribution in [-0.4, -0.2) is 38.0 Å². The predicted octanol–water partition coefficient (Wildman–Crippen LogP) is 5.25. The summed E-state index contributed by atoms with van der Waals surface area (Å²) < 4.78 is 21.2. The lowest BCUT2D eigenvalue weighted by Crippen LogP contribution is -2.23. The van der Waals surface area contributed by atoms with E-state index in [1.807, 2.05) is 41.0 Å². The van der Waals surface area contributed by atoms with Gasteiger partial charge in [-0.1, -0.05) is 23.4 Å². The maximum absolute atomic E-state index is 14.1. The summed E-state index contributed by atoms with van der Waals surface area (Å²) in [5.74, 6) is 0.330. The number of hydrogen-bond donors (Lipinski definition) is 1. The number of nitrogens with zero attached hydrogens (tertiary/aromatic N) is 4. The number of amides is 1. The summed E-state index contributed by atoms with van der Waals surface area (Å²) in [6.45, 7) is 1.72. The summed E-state index contributed by atoms with van der Waals surface area (Å²) in [7, 11) is 1.60. The Morgan fingerprint density at radius 2 is 1.85 bits per heavy atom. The fraction of sp³-hybridized carbons (Fsp3) is 0.130. The van der Waals surface area contributed by atoms with Gasteiger partial charge in [0, 0.05) is 28.7 Å². The average Bonchev–Trinajstić information content (AvgIpc) is 3.24. The molecule has 0 spiro atoms. The third-order valence-corrected chi connectivity index (χ3v) is 6.02. The fourth-order valence-corrected chi connectivity index (χ4v) is 4.06. The van der Waals surface area contributed by atoms with Gasteiger partial charge in [0.1, 0.15) is 11.6 Å². The van der Waals surface area contributed by atoms with Crippen molar-refractivity contribution >= 4 is 35.0 Å². The first-order valence-corrected chi connectivity index (χ1v) is 11.1. The summed E-state index contributed by atoms with van der Waals surface area (Å²) in [6.07, 6.45) is 3.35. The molecule has 7 nitrogen and oxygen atoms in total. The van der Waals surface area contributed by atoms with Crippen molar-refractivity contribution in [3.8, 4) is 22.8 Å². The summed E-state index contributed by atoms with van der Waals surface area (Å²) in [5, 5.41) is 11.4. The van der Waals surface area contributed by atoms with Gasteiger partial charge in [-0.05, 0) is 61.5 Å². The van der Waals surface area contributed by atoms with Crippen LogP contribution in [0.15, 0.2) is 72.1 Å². The van der Waals surface area contributed by atoms with Gasteiger partial charge in [-0.25, -0.2) is 4.39 Å². The molecule has 4 rings (SSSR count). The van der Waals surface area contributed by atoms with Gasteiger partial charge in [0.25, 0.3) is 0 Å². The smallest absolute Gasteiger partial charge is 0.237 e. The second kappa shape index (κ2) is 10.0. The molecule has 1 atom stereocenters. The first-order valence-electron chi connectivity index (χ1n) is 9.89. The third-order valence-electron chi connectivity index (χ3n) is 4.74. The van der Waals surface area contributed by atoms with Crippen molar-refractivity contribution in [2.24, 2.45) is 0 Å². The number of anilines is 1. The van der Waals surface area contributed by atoms with E-state index in [1.165, 1.54) is 23.9 Å². The Hall–Kier alpha value is -3.43. The van der Waals surface area contributed by atoms with Gasteiger partial charge in [-0.2, -0.15) is 0 Å². The van der Waals surface area contributed by atoms with Crippen LogP contribution in [0.1, 0.15) is 6.92 Å². The highest BCUT2D eigenvalue weighted by molar-refractivity contribution is 8.00. The van der Waals surface area contributed by atoms with E-state index in [-0.39, 0.29) is 16.6 Å². The van der Waals surface area contributed by atoms with Gasteiger partial charge < -0.3 is 10.1 Å². The summed E-state index contributed by atoms with van der Waals surface area (Å²) in [5.41, 5.74) is 1.68. The number of pyridine rings is 1. The summed E-state index contributed by atoms with van der Waals surface area (Å²) in [6, 6.07) is 15.2. The maximum Gasteiger partial charge on any atom is 0.237 e. The molecule has 0 saturated heterocycles. The zero-order chi connectivity index (χ0) is 23.4. The fourth-order valence-electron chi connectivity index (χ4n) is 3.04. The molecule has 0 aliphatic rings. The van der Waals surface area contributed by atoms with Crippen LogP contribution in [0.4, 0.5) is 10.1 Å². The number of halogens is 2. The van der Waals surface area contributed by atoms with Crippen LogP contribution in [0.25, 0.3) is 17.1 Å². The molecule has 2 aromatic heterocycles. The van der Waals surface area contributed by atoms with Gasteiger partial charge in [0.15, 0.2) is 11.0 Å². The molecule has 2 heterocycles. The molecule has 168 valence electrons. The van der Waals surface area contributed by atoms with E-state index < -0.39 is 11.1 Å². The van der Waals surface area contributed by atoms with Gasteiger partial charge in [-0.15, -0.1) is 10.2 Å². The lowest BCUT2D eigenvalue weighted by molar-refractivity contribution is -0.115. The number of thioether (sulfide) groups is 1. The van der Waals surface area contributed by atoms with Crippen molar-refractivity contribution in [1.29, 1.82) is 0 Å². The lowest BCUT2D eigenvalue weighted by Gasteiger charge is -2.14. The Morgan fingerprint density at radius 1 is 1.12 bits per heavy atom. The zero-order valence-corrected chi connectivity index (χ0v) is 19.3. The molecule has 0 aliphatic heterocycles. The van der Waals surface area contributed by atoms with E-state index in [1.54, 1.807) is 26.4 Å². The minimum absolute atomic E-state index is 0.0611. The number of nitrogens with one attached hydrogen (secondary N) is 1. The first kappa shape index (κ1) is 22.8. The number of hydrogen-bond acceptors (Lipinski definition) is 6. The van der Waals surface area contributed by atoms with Crippen molar-refractivity contribution in [2.45, 2.75) is 17.3 Å². The molecule has 0 radical (unpaired) electrons. The quantitative estimate of drug-likeness (QED) is 0.361. The molecule has 33 heavy (non-hydrogen) atoms. The van der Waals surface area contributed by atoms with Crippen molar-refractivity contribution < 1.29 is 13.9 Å². The molecule has 1 N–H and O–H groups in total. The van der Waals surface area contributed by atoms with Gasteiger partial charge in [-0.3, -0.25) is 14.3 Å². The van der Waals surface area contributed by atoms with E-state index in [4.69, 9.17) is 16.3 Å². The van der Waals surface area contributed by atoms with Crippen LogP contribution < -0.4 is 10.1 Å². The van der Waals surface area contributed by atoms with Crippen molar-refractivity contribution in [2.75, 3.05) is 12.4 Å². The molecular formula is C23H19ClFN5O2S. The number of benzene rings is 2. The highest BCUT2D eigenvalue weighted by Gasteiger charge is 2.22. The van der Waals surface area contributed by atoms with Crippen LogP contribution >= 0.6 is 23.4 Å². The molecule has 0 saturated carbocycles. The SMILES string of the molecule is COc1ccc(-n2c(SC(C)C(=O)Nc3ccc(Cl)cc3F)nnc2-c2ccncc2)cc1. The first-order chi connectivity index (χ1) is 16.0. The monoisotopic (exact) mass is 483 g/mol. The van der Waals surface area contributed by atoms with E-state index in [0.29, 0.717) is 16.7 Å². The zero-order valence-electron chi connectivity index (χ0n) is 17.7. The Balaban J connectivity index is 1.64. The van der Waals surface area contributed by atoms with E-state index in [9.17, 15) is 9.18 Å². The standard InChI is InChI=1S/C23H19ClFN5O2S/c1-14(22(31)27-20-8-3-16(24)13-19(20)25)33-23-29-28-21(15-9-11-26-12-10-15)30(23)17-4-6-18(32-2)7-5-17/h3-14H,1-2H3,(H,27,31). The van der Waals surface area contributed by atoms with Gasteiger partial charge in [0.2, 0.25) is 5.91 Å². The second-order valence-electron chi connectivity index (χ2n) is 6.95. The Kier molecular flexibility index (Phi) is 6.90. The molecule has 4 aromatic rings. The summed E-state index contributed by atoms with van der Waals surface area (Å²) >= 11 is 6.99. The largest absolute Gasteiger partial charge is 0.497 e. The van der Waals surface area contributed by atoms with Crippen LogP contribution in [-0.2, 0) is 4.79 Å². The molecular weight excluding hydrogens is 465 g/mol. The third kappa shape index (κ3) is 5.15. The van der Waals surface area contributed by atoms with Gasteiger partial charge >= 0.3 is 0 Å². The molecule has 0 bridgehead atoms. The molecule has 2 aromatic carbocycles. The minimum atomic E-state index is -0.602. The number of rotatable bonds is 7. The Labute approximate surface area is 199 Å². The van der Waals surface area contributed by atoms with Crippen molar-refractivity contribution in [3.05, 3.63) is 77.8 Å². The molecule has 1 unspecified atom stereocenters. The Bertz CT molecular complexity index is 1270. The van der Waals surface area contributed by atoms with E-state index in [0.717, 1.165) is 17.3 Å². The van der Waals surface area contributed by atoms with E-state index >= 15 is 0 Å². The van der Waals surface area contributed by atoms with Crippen LogP contribution in [0.3, 0.4) is 0 Å². The molecule has 0 aliphatic carbocycles. The molecule has 10 heteroatoms. The van der Waals surface area contributed by atoms with Crippen LogP contribution in [0.2, 0.25) is 5.02 Å².